The average molecular weight is 452 g/mol. The van der Waals surface area contributed by atoms with E-state index in [9.17, 15) is 4.79 Å². The highest BCUT2D eigenvalue weighted by molar-refractivity contribution is 7.15. The van der Waals surface area contributed by atoms with Crippen LogP contribution < -0.4 is 10.1 Å². The van der Waals surface area contributed by atoms with E-state index in [1.165, 1.54) is 31.8 Å². The van der Waals surface area contributed by atoms with Gasteiger partial charge >= 0.3 is 0 Å². The highest BCUT2D eigenvalue weighted by atomic mass is 32.1. The third kappa shape index (κ3) is 4.11. The normalized spacial score (nSPS) is 19.0. The number of anilines is 2. The van der Waals surface area contributed by atoms with E-state index in [0.29, 0.717) is 18.5 Å². The van der Waals surface area contributed by atoms with Gasteiger partial charge in [-0.25, -0.2) is 4.98 Å². The van der Waals surface area contributed by atoms with Crippen molar-refractivity contribution in [2.24, 2.45) is 0 Å². The first-order chi connectivity index (χ1) is 15.6. The standard InChI is InChI=1S/C24H29N5O2S/c1-3-22(30)29-11-6-9-18(29)15-31-23-19-10-12-28(17-7-4-5-8-17)20(19)13-21(26-23)27-24-25-14-16(2)32-24/h3,10,12-14,17-18H,1,4-9,11,15H2,2H3,(H,25,26,27). The SMILES string of the molecule is C=CC(=O)N1CCCC1COc1nc(Nc2ncc(C)s2)cc2c1ccn2C1CCCC1. The zero-order valence-electron chi connectivity index (χ0n) is 18.4. The zero-order valence-corrected chi connectivity index (χ0v) is 19.2. The first kappa shape index (κ1) is 21.0. The van der Waals surface area contributed by atoms with Gasteiger partial charge in [0.25, 0.3) is 0 Å². The zero-order chi connectivity index (χ0) is 22.1. The predicted molar refractivity (Wildman–Crippen MR) is 128 cm³/mol. The minimum absolute atomic E-state index is 0.0313. The van der Waals surface area contributed by atoms with Gasteiger partial charge in [-0.2, -0.15) is 4.98 Å². The Bertz CT molecular complexity index is 1130. The van der Waals surface area contributed by atoms with Crippen LogP contribution in [-0.2, 0) is 4.79 Å². The van der Waals surface area contributed by atoms with Crippen molar-refractivity contribution in [1.29, 1.82) is 0 Å². The molecule has 2 fully saturated rings. The first-order valence-corrected chi connectivity index (χ1v) is 12.2. The first-order valence-electron chi connectivity index (χ1n) is 11.4. The number of rotatable bonds is 7. The monoisotopic (exact) mass is 451 g/mol. The van der Waals surface area contributed by atoms with Crippen LogP contribution in [0.5, 0.6) is 5.88 Å². The quantitative estimate of drug-likeness (QED) is 0.499. The Morgan fingerprint density at radius 2 is 2.19 bits per heavy atom. The summed E-state index contributed by atoms with van der Waals surface area (Å²) in [6.07, 6.45) is 12.3. The summed E-state index contributed by atoms with van der Waals surface area (Å²) in [5, 5.41) is 5.18. The Morgan fingerprint density at radius 1 is 1.34 bits per heavy atom. The van der Waals surface area contributed by atoms with Crippen LogP contribution in [0.15, 0.2) is 37.2 Å². The summed E-state index contributed by atoms with van der Waals surface area (Å²) in [6.45, 7) is 6.85. The number of hydrogen-bond acceptors (Lipinski definition) is 6. The molecule has 1 saturated carbocycles. The van der Waals surface area contributed by atoms with Gasteiger partial charge < -0.3 is 19.5 Å². The molecule has 0 spiro atoms. The van der Waals surface area contributed by atoms with Crippen molar-refractivity contribution in [2.75, 3.05) is 18.5 Å². The molecule has 1 N–H and O–H groups in total. The smallest absolute Gasteiger partial charge is 0.246 e. The molecule has 0 radical (unpaired) electrons. The molecule has 8 heteroatoms. The number of aromatic nitrogens is 3. The van der Waals surface area contributed by atoms with Crippen molar-refractivity contribution < 1.29 is 9.53 Å². The number of likely N-dealkylation sites (tertiary alicyclic amines) is 1. The Balaban J connectivity index is 1.45. The molecule has 3 aromatic rings. The van der Waals surface area contributed by atoms with Crippen molar-refractivity contribution in [2.45, 2.75) is 57.5 Å². The summed E-state index contributed by atoms with van der Waals surface area (Å²) in [7, 11) is 0. The van der Waals surface area contributed by atoms with E-state index in [2.05, 4.69) is 39.8 Å². The third-order valence-corrected chi connectivity index (χ3v) is 7.33. The number of amides is 1. The lowest BCUT2D eigenvalue weighted by Gasteiger charge is -2.23. The second-order valence-corrected chi connectivity index (χ2v) is 9.89. The molecule has 2 aliphatic rings. The van der Waals surface area contributed by atoms with Gasteiger partial charge in [0.15, 0.2) is 5.13 Å². The molecule has 1 aliphatic carbocycles. The molecule has 0 bridgehead atoms. The Hall–Kier alpha value is -2.87. The number of carbonyl (C=O) groups is 1. The highest BCUT2D eigenvalue weighted by Gasteiger charge is 2.28. The van der Waals surface area contributed by atoms with Gasteiger partial charge in [-0.3, -0.25) is 4.79 Å². The second-order valence-electron chi connectivity index (χ2n) is 8.65. The molecule has 4 heterocycles. The third-order valence-electron chi connectivity index (χ3n) is 6.50. The minimum atomic E-state index is -0.0313. The van der Waals surface area contributed by atoms with Crippen molar-refractivity contribution in [1.82, 2.24) is 19.4 Å². The lowest BCUT2D eigenvalue weighted by molar-refractivity contribution is -0.127. The number of nitrogens with zero attached hydrogens (tertiary/aromatic N) is 4. The van der Waals surface area contributed by atoms with E-state index < -0.39 is 0 Å². The number of thiazole rings is 1. The summed E-state index contributed by atoms with van der Waals surface area (Å²) in [5.74, 6) is 1.30. The van der Waals surface area contributed by atoms with Gasteiger partial charge in [-0.15, -0.1) is 11.3 Å². The number of nitrogens with one attached hydrogen (secondary N) is 1. The van der Waals surface area contributed by atoms with Crippen LogP contribution in [0.1, 0.15) is 49.4 Å². The summed E-state index contributed by atoms with van der Waals surface area (Å²) in [4.78, 5) is 24.4. The lowest BCUT2D eigenvalue weighted by Crippen LogP contribution is -2.38. The summed E-state index contributed by atoms with van der Waals surface area (Å²) >= 11 is 1.60. The van der Waals surface area contributed by atoms with Gasteiger partial charge in [-0.1, -0.05) is 19.4 Å². The predicted octanol–water partition coefficient (Wildman–Crippen LogP) is 5.22. The van der Waals surface area contributed by atoms with Crippen LogP contribution in [0.2, 0.25) is 0 Å². The van der Waals surface area contributed by atoms with Gasteiger partial charge in [-0.05, 0) is 44.7 Å². The van der Waals surface area contributed by atoms with E-state index in [-0.39, 0.29) is 11.9 Å². The highest BCUT2D eigenvalue weighted by Crippen LogP contribution is 2.37. The molecule has 0 aromatic carbocycles. The maximum atomic E-state index is 12.2. The van der Waals surface area contributed by atoms with Gasteiger partial charge in [0.1, 0.15) is 12.4 Å². The van der Waals surface area contributed by atoms with E-state index in [1.54, 1.807) is 11.3 Å². The van der Waals surface area contributed by atoms with Crippen molar-refractivity contribution >= 4 is 39.1 Å². The van der Waals surface area contributed by atoms with Crippen LogP contribution >= 0.6 is 11.3 Å². The van der Waals surface area contributed by atoms with Crippen molar-refractivity contribution in [3.8, 4) is 5.88 Å². The lowest BCUT2D eigenvalue weighted by atomic mass is 10.2. The maximum Gasteiger partial charge on any atom is 0.246 e. The molecule has 1 amide bonds. The fourth-order valence-corrected chi connectivity index (χ4v) is 5.58. The number of carbonyl (C=O) groups excluding carboxylic acids is 1. The summed E-state index contributed by atoms with van der Waals surface area (Å²) in [6, 6.07) is 4.77. The molecular weight excluding hydrogens is 422 g/mol. The number of pyridine rings is 1. The molecule has 5 rings (SSSR count). The fraction of sp³-hybridized carbons (Fsp3) is 0.458. The molecule has 1 saturated heterocycles. The fourth-order valence-electron chi connectivity index (χ4n) is 4.91. The van der Waals surface area contributed by atoms with Gasteiger partial charge in [0.05, 0.1) is 16.9 Å². The van der Waals surface area contributed by atoms with E-state index in [4.69, 9.17) is 9.72 Å². The Morgan fingerprint density at radius 3 is 2.94 bits per heavy atom. The Labute approximate surface area is 192 Å². The van der Waals surface area contributed by atoms with Gasteiger partial charge in [0.2, 0.25) is 11.8 Å². The second kappa shape index (κ2) is 8.94. The molecule has 1 unspecified atom stereocenters. The molecule has 1 atom stereocenters. The molecule has 32 heavy (non-hydrogen) atoms. The van der Waals surface area contributed by atoms with E-state index in [0.717, 1.165) is 46.1 Å². The molecule has 3 aromatic heterocycles. The number of fused-ring (bicyclic) bond motifs is 1. The van der Waals surface area contributed by atoms with Crippen LogP contribution in [0.3, 0.4) is 0 Å². The number of ether oxygens (including phenoxy) is 1. The van der Waals surface area contributed by atoms with E-state index in [1.807, 2.05) is 18.0 Å². The van der Waals surface area contributed by atoms with Crippen LogP contribution in [0.4, 0.5) is 10.9 Å². The minimum Gasteiger partial charge on any atom is -0.475 e. The average Bonchev–Trinajstić information content (AvgIpc) is 3.58. The largest absolute Gasteiger partial charge is 0.475 e. The number of hydrogen-bond donors (Lipinski definition) is 1. The van der Waals surface area contributed by atoms with Crippen LogP contribution in [0.25, 0.3) is 10.9 Å². The molecule has 1 aliphatic heterocycles. The van der Waals surface area contributed by atoms with Crippen LogP contribution in [0, 0.1) is 6.92 Å². The van der Waals surface area contributed by atoms with Crippen molar-refractivity contribution in [3.05, 3.63) is 42.1 Å². The molecular formula is C24H29N5O2S. The topological polar surface area (TPSA) is 72.3 Å². The van der Waals surface area contributed by atoms with Crippen molar-refractivity contribution in [3.63, 3.8) is 0 Å². The van der Waals surface area contributed by atoms with E-state index >= 15 is 0 Å². The van der Waals surface area contributed by atoms with Crippen LogP contribution in [-0.4, -0.2) is 44.5 Å². The summed E-state index contributed by atoms with van der Waals surface area (Å²) < 4.78 is 8.65. The maximum absolute atomic E-state index is 12.2. The Kier molecular flexibility index (Phi) is 5.87. The van der Waals surface area contributed by atoms with Gasteiger partial charge in [0, 0.05) is 35.9 Å². The molecule has 7 nitrogen and oxygen atoms in total. The molecule has 168 valence electrons. The summed E-state index contributed by atoms with van der Waals surface area (Å²) in [5.41, 5.74) is 1.13. The number of aryl methyl sites for hydroxylation is 1.